The van der Waals surface area contributed by atoms with E-state index in [1.165, 1.54) is 12.8 Å². The van der Waals surface area contributed by atoms with Crippen molar-refractivity contribution in [3.63, 3.8) is 0 Å². The smallest absolute Gasteiger partial charge is 0.193 e. The van der Waals surface area contributed by atoms with Crippen LogP contribution in [0.5, 0.6) is 5.75 Å². The Balaban J connectivity index is 0.00000242. The Labute approximate surface area is 149 Å². The van der Waals surface area contributed by atoms with Gasteiger partial charge in [0.1, 0.15) is 5.75 Å². The number of benzene rings is 1. The predicted octanol–water partition coefficient (Wildman–Crippen LogP) is 3.25. The number of anilines is 1. The van der Waals surface area contributed by atoms with Crippen LogP contribution >= 0.6 is 24.0 Å². The number of aliphatic imine (C=N–C) groups is 1. The molecule has 1 saturated carbocycles. The Morgan fingerprint density at radius 2 is 2.00 bits per heavy atom. The summed E-state index contributed by atoms with van der Waals surface area (Å²) in [6.07, 6.45) is 3.51. The van der Waals surface area contributed by atoms with Crippen LogP contribution in [0.2, 0.25) is 0 Å². The van der Waals surface area contributed by atoms with Crippen LogP contribution in [0.1, 0.15) is 26.2 Å². The first kappa shape index (κ1) is 19.0. The summed E-state index contributed by atoms with van der Waals surface area (Å²) in [5.41, 5.74) is 7.18. The summed E-state index contributed by atoms with van der Waals surface area (Å²) in [6.45, 7) is 4.39. The molecule has 0 saturated heterocycles. The molecule has 0 spiro atoms. The van der Waals surface area contributed by atoms with Crippen molar-refractivity contribution < 1.29 is 9.47 Å². The third-order valence-corrected chi connectivity index (χ3v) is 3.89. The molecule has 0 unspecified atom stereocenters. The molecule has 2 rings (SSSR count). The summed E-state index contributed by atoms with van der Waals surface area (Å²) >= 11 is 0. The fourth-order valence-corrected chi connectivity index (χ4v) is 2.21. The van der Waals surface area contributed by atoms with Crippen molar-refractivity contribution in [3.8, 4) is 5.75 Å². The van der Waals surface area contributed by atoms with E-state index < -0.39 is 0 Å². The largest absolute Gasteiger partial charge is 0.497 e. The minimum Gasteiger partial charge on any atom is -0.497 e. The van der Waals surface area contributed by atoms with Crippen molar-refractivity contribution in [1.82, 2.24) is 0 Å². The van der Waals surface area contributed by atoms with Crippen LogP contribution in [0.15, 0.2) is 29.3 Å². The standard InChI is InChI=1S/C16H25N3O2.HI/c1-3-21-11-10-16(8-9-16)12-18-15(17)19-13-4-6-14(20-2)7-5-13;/h4-7H,3,8-12H2,1-2H3,(H3,17,18,19);1H. The number of nitrogens with two attached hydrogens (primary N) is 1. The highest BCUT2D eigenvalue weighted by Crippen LogP contribution is 2.48. The fraction of sp³-hybridized carbons (Fsp3) is 0.562. The van der Waals surface area contributed by atoms with E-state index in [1.807, 2.05) is 31.2 Å². The number of halogens is 1. The van der Waals surface area contributed by atoms with Gasteiger partial charge in [-0.2, -0.15) is 0 Å². The van der Waals surface area contributed by atoms with Gasteiger partial charge in [-0.15, -0.1) is 24.0 Å². The molecule has 6 heteroatoms. The van der Waals surface area contributed by atoms with Gasteiger partial charge in [-0.1, -0.05) is 0 Å². The average molecular weight is 419 g/mol. The number of nitrogens with one attached hydrogen (secondary N) is 1. The topological polar surface area (TPSA) is 68.9 Å². The number of ether oxygens (including phenoxy) is 2. The first-order chi connectivity index (χ1) is 10.2. The van der Waals surface area contributed by atoms with Crippen LogP contribution in [-0.2, 0) is 4.74 Å². The minimum atomic E-state index is 0. The SMILES string of the molecule is CCOCCC1(CN=C(N)Nc2ccc(OC)cc2)CC1.I. The lowest BCUT2D eigenvalue weighted by atomic mass is 10.0. The number of guanidine groups is 1. The van der Waals surface area contributed by atoms with Crippen LogP contribution in [0.25, 0.3) is 0 Å². The van der Waals surface area contributed by atoms with E-state index in [9.17, 15) is 0 Å². The van der Waals surface area contributed by atoms with Gasteiger partial charge >= 0.3 is 0 Å². The quantitative estimate of drug-likeness (QED) is 0.294. The molecule has 0 atom stereocenters. The van der Waals surface area contributed by atoms with Crippen LogP contribution in [0.3, 0.4) is 0 Å². The molecule has 0 heterocycles. The molecule has 124 valence electrons. The van der Waals surface area contributed by atoms with Gasteiger partial charge < -0.3 is 20.5 Å². The Hall–Kier alpha value is -1.02. The number of nitrogens with zero attached hydrogens (tertiary/aromatic N) is 1. The van der Waals surface area contributed by atoms with Gasteiger partial charge in [0.25, 0.3) is 0 Å². The molecular formula is C16H26IN3O2. The van der Waals surface area contributed by atoms with E-state index in [1.54, 1.807) is 7.11 Å². The van der Waals surface area contributed by atoms with Gasteiger partial charge in [-0.25, -0.2) is 0 Å². The predicted molar refractivity (Wildman–Crippen MR) is 101 cm³/mol. The Morgan fingerprint density at radius 3 is 2.55 bits per heavy atom. The molecule has 5 nitrogen and oxygen atoms in total. The minimum absolute atomic E-state index is 0. The monoisotopic (exact) mass is 419 g/mol. The summed E-state index contributed by atoms with van der Waals surface area (Å²) in [5, 5.41) is 3.10. The van der Waals surface area contributed by atoms with E-state index in [-0.39, 0.29) is 24.0 Å². The fourth-order valence-electron chi connectivity index (χ4n) is 2.21. The van der Waals surface area contributed by atoms with E-state index in [0.29, 0.717) is 11.4 Å². The van der Waals surface area contributed by atoms with Crippen molar-refractivity contribution in [2.24, 2.45) is 16.1 Å². The molecule has 1 aromatic carbocycles. The third kappa shape index (κ3) is 6.00. The van der Waals surface area contributed by atoms with Gasteiger partial charge in [-0.3, -0.25) is 4.99 Å². The molecule has 1 aromatic rings. The van der Waals surface area contributed by atoms with Crippen LogP contribution in [0.4, 0.5) is 5.69 Å². The number of methoxy groups -OCH3 is 1. The van der Waals surface area contributed by atoms with E-state index in [0.717, 1.165) is 37.6 Å². The van der Waals surface area contributed by atoms with Gasteiger partial charge in [0.2, 0.25) is 0 Å². The van der Waals surface area contributed by atoms with Crippen molar-refractivity contribution in [2.45, 2.75) is 26.2 Å². The van der Waals surface area contributed by atoms with Gasteiger partial charge in [-0.05, 0) is 55.9 Å². The molecule has 0 radical (unpaired) electrons. The second-order valence-corrected chi connectivity index (χ2v) is 5.50. The van der Waals surface area contributed by atoms with Crippen LogP contribution in [-0.4, -0.2) is 32.8 Å². The van der Waals surface area contributed by atoms with Crippen molar-refractivity contribution >= 4 is 35.6 Å². The van der Waals surface area contributed by atoms with Gasteiger partial charge in [0.15, 0.2) is 5.96 Å². The first-order valence-electron chi connectivity index (χ1n) is 7.46. The van der Waals surface area contributed by atoms with Crippen molar-refractivity contribution in [2.75, 3.05) is 32.2 Å². The van der Waals surface area contributed by atoms with E-state index in [2.05, 4.69) is 10.3 Å². The molecule has 0 amide bonds. The zero-order chi connectivity index (χ0) is 15.1. The lowest BCUT2D eigenvalue weighted by Crippen LogP contribution is -2.24. The zero-order valence-electron chi connectivity index (χ0n) is 13.3. The lowest BCUT2D eigenvalue weighted by Gasteiger charge is -2.13. The summed E-state index contributed by atoms with van der Waals surface area (Å²) in [7, 11) is 1.65. The zero-order valence-corrected chi connectivity index (χ0v) is 15.6. The van der Waals surface area contributed by atoms with E-state index in [4.69, 9.17) is 15.2 Å². The van der Waals surface area contributed by atoms with E-state index >= 15 is 0 Å². The second-order valence-electron chi connectivity index (χ2n) is 5.50. The Morgan fingerprint density at radius 1 is 1.32 bits per heavy atom. The maximum atomic E-state index is 5.94. The maximum absolute atomic E-state index is 5.94. The Bertz CT molecular complexity index is 473. The molecule has 1 fully saturated rings. The molecule has 0 aromatic heterocycles. The molecule has 3 N–H and O–H groups in total. The summed E-state index contributed by atoms with van der Waals surface area (Å²) in [6, 6.07) is 7.62. The normalized spacial score (nSPS) is 15.8. The van der Waals surface area contributed by atoms with Crippen molar-refractivity contribution in [3.05, 3.63) is 24.3 Å². The molecular weight excluding hydrogens is 393 g/mol. The average Bonchev–Trinajstić information content (AvgIpc) is 3.27. The molecule has 1 aliphatic rings. The van der Waals surface area contributed by atoms with Gasteiger partial charge in [0, 0.05) is 25.4 Å². The highest BCUT2D eigenvalue weighted by Gasteiger charge is 2.41. The maximum Gasteiger partial charge on any atom is 0.193 e. The molecule has 1 aliphatic carbocycles. The summed E-state index contributed by atoms with van der Waals surface area (Å²) in [4.78, 5) is 4.47. The van der Waals surface area contributed by atoms with Crippen molar-refractivity contribution in [1.29, 1.82) is 0 Å². The van der Waals surface area contributed by atoms with Gasteiger partial charge in [0.05, 0.1) is 7.11 Å². The molecule has 0 bridgehead atoms. The number of hydrogen-bond acceptors (Lipinski definition) is 3. The number of rotatable bonds is 8. The third-order valence-electron chi connectivity index (χ3n) is 3.89. The number of hydrogen-bond donors (Lipinski definition) is 2. The summed E-state index contributed by atoms with van der Waals surface area (Å²) in [5.74, 6) is 1.28. The van der Waals surface area contributed by atoms with Crippen LogP contribution < -0.4 is 15.8 Å². The first-order valence-corrected chi connectivity index (χ1v) is 7.46. The molecule has 0 aliphatic heterocycles. The lowest BCUT2D eigenvalue weighted by molar-refractivity contribution is 0.129. The highest BCUT2D eigenvalue weighted by molar-refractivity contribution is 14.0. The summed E-state index contributed by atoms with van der Waals surface area (Å²) < 4.78 is 10.5. The highest BCUT2D eigenvalue weighted by atomic mass is 127. The second kappa shape index (κ2) is 9.19. The molecule has 22 heavy (non-hydrogen) atoms. The van der Waals surface area contributed by atoms with Crippen LogP contribution in [0, 0.1) is 5.41 Å². The Kier molecular flexibility index (Phi) is 7.95.